The molecular formula is C20H21N5O2S2. The molecule has 7 nitrogen and oxygen atoms in total. The quantitative estimate of drug-likeness (QED) is 0.279. The molecule has 0 saturated heterocycles. The number of thiocarbonyl (C=S) groups is 1. The van der Waals surface area contributed by atoms with E-state index in [1.165, 1.54) is 16.8 Å². The number of rotatable bonds is 5. The molecule has 0 spiro atoms. The van der Waals surface area contributed by atoms with Gasteiger partial charge >= 0.3 is 0 Å². The molecule has 3 rings (SSSR count). The van der Waals surface area contributed by atoms with Crippen LogP contribution in [0.5, 0.6) is 0 Å². The lowest BCUT2D eigenvalue weighted by Gasteiger charge is -2.21. The summed E-state index contributed by atoms with van der Waals surface area (Å²) in [5, 5.41) is 2.44. The number of nitrogens with zero attached hydrogens (tertiary/aromatic N) is 3. The zero-order valence-electron chi connectivity index (χ0n) is 16.1. The van der Waals surface area contributed by atoms with E-state index in [1.54, 1.807) is 16.7 Å². The Morgan fingerprint density at radius 1 is 1.24 bits per heavy atom. The fraction of sp³-hybridized carbons (Fsp3) is 0.200. The first kappa shape index (κ1) is 20.8. The highest BCUT2D eigenvalue weighted by molar-refractivity contribution is 7.99. The summed E-state index contributed by atoms with van der Waals surface area (Å²) < 4.78 is 1.56. The number of hydrogen-bond donors (Lipinski definition) is 2. The number of aryl methyl sites for hydroxylation is 1. The Morgan fingerprint density at radius 3 is 2.62 bits per heavy atom. The topological polar surface area (TPSA) is 93.2 Å². The van der Waals surface area contributed by atoms with Gasteiger partial charge in [-0.15, -0.1) is 0 Å². The fourth-order valence-corrected chi connectivity index (χ4v) is 3.81. The Kier molecular flexibility index (Phi) is 6.50. The third-order valence-electron chi connectivity index (χ3n) is 4.28. The number of benzene rings is 2. The van der Waals surface area contributed by atoms with E-state index in [4.69, 9.17) is 18.0 Å². The third-order valence-corrected chi connectivity index (χ3v) is 5.43. The molecule has 1 heterocycles. The molecule has 0 saturated carbocycles. The first-order valence-corrected chi connectivity index (χ1v) is 10.4. The Balaban J connectivity index is 1.99. The summed E-state index contributed by atoms with van der Waals surface area (Å²) in [6.07, 6.45) is 0. The molecule has 3 aromatic rings. The van der Waals surface area contributed by atoms with E-state index in [0.717, 1.165) is 11.3 Å². The van der Waals surface area contributed by atoms with Crippen molar-refractivity contribution in [2.75, 3.05) is 12.3 Å². The number of aromatic nitrogens is 2. The lowest BCUT2D eigenvalue weighted by atomic mass is 10.2. The van der Waals surface area contributed by atoms with Gasteiger partial charge in [-0.05, 0) is 49.8 Å². The molecule has 2 aromatic carbocycles. The van der Waals surface area contributed by atoms with Gasteiger partial charge in [-0.1, -0.05) is 42.1 Å². The maximum absolute atomic E-state index is 13.2. The number of thioether (sulfide) groups is 1. The Bertz CT molecular complexity index is 1130. The predicted octanol–water partition coefficient (Wildman–Crippen LogP) is 2.38. The van der Waals surface area contributed by atoms with Gasteiger partial charge in [0.15, 0.2) is 10.3 Å². The molecule has 150 valence electrons. The van der Waals surface area contributed by atoms with Crippen molar-refractivity contribution in [1.82, 2.24) is 20.0 Å². The standard InChI is InChI=1S/C20H21N5O2S2/c1-3-24(19(21)28)23-17(26)12-29-20-22-15-10-6-5-9-14(15)18(27)25(20)16-11-7-4-8-13(16)2/h4-11H,3,12H2,1-2H3,(H2,21,28)(H,23,26). The van der Waals surface area contributed by atoms with Gasteiger partial charge in [0.25, 0.3) is 5.56 Å². The fourth-order valence-electron chi connectivity index (χ4n) is 2.84. The van der Waals surface area contributed by atoms with Gasteiger partial charge in [0.2, 0.25) is 5.91 Å². The van der Waals surface area contributed by atoms with Crippen LogP contribution in [-0.4, -0.2) is 37.9 Å². The van der Waals surface area contributed by atoms with Crippen molar-refractivity contribution in [3.8, 4) is 5.69 Å². The van der Waals surface area contributed by atoms with Crippen LogP contribution in [0, 0.1) is 6.92 Å². The summed E-state index contributed by atoms with van der Waals surface area (Å²) in [5.74, 6) is -0.237. The zero-order valence-corrected chi connectivity index (χ0v) is 17.7. The number of nitrogens with one attached hydrogen (secondary N) is 1. The smallest absolute Gasteiger partial charge is 0.266 e. The van der Waals surface area contributed by atoms with Gasteiger partial charge in [-0.2, -0.15) is 0 Å². The second-order valence-corrected chi connectivity index (χ2v) is 7.61. The van der Waals surface area contributed by atoms with E-state index >= 15 is 0 Å². The van der Waals surface area contributed by atoms with E-state index in [1.807, 2.05) is 50.2 Å². The van der Waals surface area contributed by atoms with Gasteiger partial charge in [0.1, 0.15) is 0 Å². The van der Waals surface area contributed by atoms with Crippen LogP contribution in [0.1, 0.15) is 12.5 Å². The molecule has 0 aliphatic carbocycles. The number of nitrogens with two attached hydrogens (primary N) is 1. The minimum Gasteiger partial charge on any atom is -0.375 e. The lowest BCUT2D eigenvalue weighted by molar-refractivity contribution is -0.121. The molecule has 1 amide bonds. The van der Waals surface area contributed by atoms with Crippen LogP contribution in [0.15, 0.2) is 58.5 Å². The van der Waals surface area contributed by atoms with Crippen molar-refractivity contribution >= 4 is 45.9 Å². The van der Waals surface area contributed by atoms with Crippen molar-refractivity contribution in [3.05, 3.63) is 64.4 Å². The van der Waals surface area contributed by atoms with Crippen LogP contribution in [0.25, 0.3) is 16.6 Å². The molecule has 1 aromatic heterocycles. The van der Waals surface area contributed by atoms with Gasteiger partial charge in [0.05, 0.1) is 22.3 Å². The molecule has 0 aliphatic heterocycles. The molecule has 29 heavy (non-hydrogen) atoms. The molecule has 0 aliphatic rings. The molecule has 0 atom stereocenters. The van der Waals surface area contributed by atoms with Gasteiger partial charge in [-0.25, -0.2) is 4.98 Å². The number of carbonyl (C=O) groups excluding carboxylic acids is 1. The summed E-state index contributed by atoms with van der Waals surface area (Å²) in [7, 11) is 0. The largest absolute Gasteiger partial charge is 0.375 e. The van der Waals surface area contributed by atoms with E-state index in [-0.39, 0.29) is 22.3 Å². The lowest BCUT2D eigenvalue weighted by Crippen LogP contribution is -2.49. The van der Waals surface area contributed by atoms with Crippen molar-refractivity contribution in [1.29, 1.82) is 0 Å². The van der Waals surface area contributed by atoms with Crippen molar-refractivity contribution in [2.45, 2.75) is 19.0 Å². The van der Waals surface area contributed by atoms with Gasteiger partial charge in [-0.3, -0.25) is 24.6 Å². The van der Waals surface area contributed by atoms with E-state index < -0.39 is 0 Å². The van der Waals surface area contributed by atoms with E-state index in [0.29, 0.717) is 22.6 Å². The summed E-state index contributed by atoms with van der Waals surface area (Å²) in [6.45, 7) is 4.21. The highest BCUT2D eigenvalue weighted by Crippen LogP contribution is 2.22. The third kappa shape index (κ3) is 4.57. The summed E-state index contributed by atoms with van der Waals surface area (Å²) in [4.78, 5) is 30.2. The van der Waals surface area contributed by atoms with Crippen LogP contribution >= 0.6 is 24.0 Å². The Hall–Kier alpha value is -2.91. The average molecular weight is 428 g/mol. The number of fused-ring (bicyclic) bond motifs is 1. The summed E-state index contributed by atoms with van der Waals surface area (Å²) >= 11 is 6.09. The monoisotopic (exact) mass is 427 g/mol. The second-order valence-electron chi connectivity index (χ2n) is 6.24. The molecule has 0 unspecified atom stereocenters. The average Bonchev–Trinajstić information content (AvgIpc) is 2.71. The number of carbonyl (C=O) groups is 1. The molecule has 9 heteroatoms. The van der Waals surface area contributed by atoms with Crippen molar-refractivity contribution < 1.29 is 4.79 Å². The van der Waals surface area contributed by atoms with Crippen LogP contribution in [0.3, 0.4) is 0 Å². The summed E-state index contributed by atoms with van der Waals surface area (Å²) in [5.41, 5.74) is 10.3. The van der Waals surface area contributed by atoms with Crippen LogP contribution in [0.2, 0.25) is 0 Å². The molecule has 0 radical (unpaired) electrons. The molecule has 3 N–H and O–H groups in total. The minimum absolute atomic E-state index is 0.0514. The maximum atomic E-state index is 13.2. The molecule has 0 bridgehead atoms. The van der Waals surface area contributed by atoms with E-state index in [2.05, 4.69) is 10.4 Å². The highest BCUT2D eigenvalue weighted by Gasteiger charge is 2.16. The predicted molar refractivity (Wildman–Crippen MR) is 120 cm³/mol. The van der Waals surface area contributed by atoms with Crippen LogP contribution < -0.4 is 16.7 Å². The van der Waals surface area contributed by atoms with Crippen molar-refractivity contribution in [2.24, 2.45) is 5.73 Å². The first-order chi connectivity index (χ1) is 13.9. The van der Waals surface area contributed by atoms with Gasteiger partial charge in [0, 0.05) is 6.54 Å². The highest BCUT2D eigenvalue weighted by atomic mass is 32.2. The first-order valence-electron chi connectivity index (χ1n) is 8.99. The van der Waals surface area contributed by atoms with E-state index in [9.17, 15) is 9.59 Å². The zero-order chi connectivity index (χ0) is 21.0. The molecular weight excluding hydrogens is 406 g/mol. The summed E-state index contributed by atoms with van der Waals surface area (Å²) in [6, 6.07) is 14.7. The van der Waals surface area contributed by atoms with Crippen molar-refractivity contribution in [3.63, 3.8) is 0 Å². The van der Waals surface area contributed by atoms with Crippen LogP contribution in [-0.2, 0) is 4.79 Å². The van der Waals surface area contributed by atoms with Gasteiger partial charge < -0.3 is 5.73 Å². The maximum Gasteiger partial charge on any atom is 0.266 e. The second kappa shape index (κ2) is 9.06. The number of amides is 1. The minimum atomic E-state index is -0.289. The number of para-hydroxylation sites is 2. The molecule has 0 fully saturated rings. The Morgan fingerprint density at radius 2 is 1.93 bits per heavy atom. The normalized spacial score (nSPS) is 10.7. The van der Waals surface area contributed by atoms with Crippen LogP contribution in [0.4, 0.5) is 0 Å². The number of hydrogen-bond acceptors (Lipinski definition) is 5. The Labute approximate surface area is 177 Å². The number of hydrazine groups is 1. The SMILES string of the molecule is CCN(NC(=O)CSc1nc2ccccc2c(=O)n1-c1ccccc1C)C(N)=S.